The summed E-state index contributed by atoms with van der Waals surface area (Å²) < 4.78 is 1.23. The summed E-state index contributed by atoms with van der Waals surface area (Å²) in [6.45, 7) is 0.402. The van der Waals surface area contributed by atoms with E-state index in [-0.39, 0.29) is 11.6 Å². The topological polar surface area (TPSA) is 112 Å². The Bertz CT molecular complexity index is 1400. The number of fused-ring (bicyclic) bond motifs is 1. The quantitative estimate of drug-likeness (QED) is 0.342. The van der Waals surface area contributed by atoms with Crippen LogP contribution in [0.1, 0.15) is 33.1 Å². The highest BCUT2D eigenvalue weighted by Crippen LogP contribution is 2.31. The molecule has 1 aliphatic carbocycles. The van der Waals surface area contributed by atoms with Crippen LogP contribution >= 0.6 is 11.6 Å². The largest absolute Gasteiger partial charge is 0.390 e. The molecule has 0 radical (unpaired) electrons. The lowest BCUT2D eigenvalue weighted by Gasteiger charge is -2.18. The maximum Gasteiger partial charge on any atom is 0.349 e. The number of aliphatic hydroxyl groups excluding tert-OH is 1. The highest BCUT2D eigenvalue weighted by Gasteiger charge is 2.32. The Hall–Kier alpha value is -3.88. The summed E-state index contributed by atoms with van der Waals surface area (Å²) in [5, 5.41) is 21.2. The van der Waals surface area contributed by atoms with Gasteiger partial charge in [0.1, 0.15) is 0 Å². The number of halogens is 1. The van der Waals surface area contributed by atoms with Gasteiger partial charge in [-0.25, -0.2) is 4.79 Å². The number of rotatable bonds is 6. The molecule has 0 saturated heterocycles. The van der Waals surface area contributed by atoms with Crippen molar-refractivity contribution < 1.29 is 9.90 Å². The Morgan fingerprint density at radius 2 is 1.91 bits per heavy atom. The second-order valence-electron chi connectivity index (χ2n) is 8.14. The van der Waals surface area contributed by atoms with Gasteiger partial charge in [-0.15, -0.1) is 5.10 Å². The maximum atomic E-state index is 12.7. The van der Waals surface area contributed by atoms with Crippen LogP contribution in [0.5, 0.6) is 0 Å². The van der Waals surface area contributed by atoms with Gasteiger partial charge in [-0.3, -0.25) is 9.78 Å². The van der Waals surface area contributed by atoms with Gasteiger partial charge in [0.2, 0.25) is 5.95 Å². The normalized spacial score (nSPS) is 16.8. The number of anilines is 1. The Kier molecular flexibility index (Phi) is 5.91. The molecule has 0 spiro atoms. The molecule has 9 heteroatoms. The van der Waals surface area contributed by atoms with E-state index in [0.717, 1.165) is 16.7 Å². The third-order valence-corrected chi connectivity index (χ3v) is 6.07. The fourth-order valence-corrected chi connectivity index (χ4v) is 4.30. The lowest BCUT2D eigenvalue weighted by atomic mass is 10.1. The zero-order valence-corrected chi connectivity index (χ0v) is 18.8. The number of hydrogen-bond donors (Lipinski definition) is 4. The van der Waals surface area contributed by atoms with Gasteiger partial charge in [0.25, 0.3) is 5.91 Å². The lowest BCUT2D eigenvalue weighted by Crippen LogP contribution is -2.33. The molecule has 0 unspecified atom stereocenters. The van der Waals surface area contributed by atoms with Crippen molar-refractivity contribution in [3.63, 3.8) is 0 Å². The van der Waals surface area contributed by atoms with Crippen LogP contribution in [-0.2, 0) is 13.0 Å². The van der Waals surface area contributed by atoms with E-state index in [9.17, 15) is 14.7 Å². The first-order valence-corrected chi connectivity index (χ1v) is 11.2. The molecule has 1 amide bonds. The average molecular weight is 476 g/mol. The van der Waals surface area contributed by atoms with Gasteiger partial charge in [-0.05, 0) is 47.0 Å². The molecular formula is C25H22ClN5O3. The molecule has 5 rings (SSSR count). The summed E-state index contributed by atoms with van der Waals surface area (Å²) >= 11 is 6.00. The molecule has 1 aromatic heterocycles. The van der Waals surface area contributed by atoms with Crippen LogP contribution in [0.2, 0.25) is 5.02 Å². The minimum atomic E-state index is -0.640. The number of carbonyl (C=O) groups excluding carboxylic acids is 1. The number of aromatic amines is 1. The lowest BCUT2D eigenvalue weighted by molar-refractivity contribution is 0.0858. The van der Waals surface area contributed by atoms with Gasteiger partial charge in [-0.2, -0.15) is 4.68 Å². The summed E-state index contributed by atoms with van der Waals surface area (Å²) in [5.41, 5.74) is 3.59. The average Bonchev–Trinajstić information content (AvgIpc) is 3.37. The molecule has 1 aliphatic rings. The number of aliphatic hydroxyl groups is 1. The van der Waals surface area contributed by atoms with E-state index in [0.29, 0.717) is 35.2 Å². The van der Waals surface area contributed by atoms with Crippen LogP contribution < -0.4 is 16.3 Å². The standard InChI is InChI=1S/C25H22ClN5O3/c26-18-5-3-6-19(13-18)31-25(34)29-24(30-31)27-14-15-8-10-16(11-9-15)23(33)28-22-20-7-2-1-4-17(20)12-21(22)32/h1-11,13,21-22,32H,12,14H2,(H,28,33)(H2,27,29,30,34)/t21-,22+/m0/s1. The fraction of sp³-hybridized carbons (Fsp3) is 0.160. The zero-order valence-electron chi connectivity index (χ0n) is 18.0. The maximum absolute atomic E-state index is 12.7. The third kappa shape index (κ3) is 4.46. The van der Waals surface area contributed by atoms with Crippen LogP contribution in [-0.4, -0.2) is 31.9 Å². The van der Waals surface area contributed by atoms with Crippen molar-refractivity contribution >= 4 is 23.5 Å². The number of H-pyrrole nitrogens is 1. The molecule has 3 aromatic carbocycles. The molecule has 0 saturated carbocycles. The van der Waals surface area contributed by atoms with Crippen molar-refractivity contribution in [1.82, 2.24) is 20.1 Å². The van der Waals surface area contributed by atoms with Gasteiger partial charge in [-0.1, -0.05) is 54.1 Å². The monoisotopic (exact) mass is 475 g/mol. The number of amides is 1. The number of carbonyl (C=O) groups is 1. The molecule has 172 valence electrons. The number of hydrogen-bond acceptors (Lipinski definition) is 5. The first kappa shape index (κ1) is 21.9. The first-order chi connectivity index (χ1) is 16.5. The minimum absolute atomic E-state index is 0.246. The van der Waals surface area contributed by atoms with Crippen molar-refractivity contribution in [1.29, 1.82) is 0 Å². The highest BCUT2D eigenvalue weighted by atomic mass is 35.5. The number of nitrogens with zero attached hydrogens (tertiary/aromatic N) is 2. The van der Waals surface area contributed by atoms with Crippen molar-refractivity contribution in [2.75, 3.05) is 5.32 Å². The van der Waals surface area contributed by atoms with Crippen LogP contribution in [0, 0.1) is 0 Å². The second-order valence-corrected chi connectivity index (χ2v) is 8.58. The van der Waals surface area contributed by atoms with Gasteiger partial charge >= 0.3 is 5.69 Å². The number of nitrogens with one attached hydrogen (secondary N) is 3. The number of aromatic nitrogens is 3. The summed E-state index contributed by atoms with van der Waals surface area (Å²) in [4.78, 5) is 27.6. The molecule has 34 heavy (non-hydrogen) atoms. The summed E-state index contributed by atoms with van der Waals surface area (Å²) in [5.74, 6) is 0.0746. The Morgan fingerprint density at radius 1 is 1.12 bits per heavy atom. The Balaban J connectivity index is 1.22. The van der Waals surface area contributed by atoms with Gasteiger partial charge in [0.15, 0.2) is 0 Å². The summed E-state index contributed by atoms with van der Waals surface area (Å²) in [7, 11) is 0. The van der Waals surface area contributed by atoms with Crippen LogP contribution in [0.4, 0.5) is 5.95 Å². The molecule has 1 heterocycles. The highest BCUT2D eigenvalue weighted by molar-refractivity contribution is 6.30. The predicted octanol–water partition coefficient (Wildman–Crippen LogP) is 3.21. The van der Waals surface area contributed by atoms with E-state index >= 15 is 0 Å². The molecule has 8 nitrogen and oxygen atoms in total. The molecule has 2 atom stereocenters. The molecule has 4 aromatic rings. The molecule has 0 aliphatic heterocycles. The molecule has 4 N–H and O–H groups in total. The van der Waals surface area contributed by atoms with Crippen molar-refractivity contribution in [3.8, 4) is 5.69 Å². The van der Waals surface area contributed by atoms with E-state index in [1.54, 1.807) is 36.4 Å². The van der Waals surface area contributed by atoms with E-state index in [1.807, 2.05) is 36.4 Å². The summed E-state index contributed by atoms with van der Waals surface area (Å²) in [6.07, 6.45) is -0.111. The van der Waals surface area contributed by atoms with Crippen molar-refractivity contribution in [2.24, 2.45) is 0 Å². The van der Waals surface area contributed by atoms with Gasteiger partial charge < -0.3 is 15.7 Å². The van der Waals surface area contributed by atoms with Crippen LogP contribution in [0.15, 0.2) is 77.6 Å². The molecular weight excluding hydrogens is 454 g/mol. The van der Waals surface area contributed by atoms with Crippen LogP contribution in [0.25, 0.3) is 5.69 Å². The first-order valence-electron chi connectivity index (χ1n) is 10.8. The van der Waals surface area contributed by atoms with Gasteiger partial charge in [0, 0.05) is 23.6 Å². The number of benzene rings is 3. The van der Waals surface area contributed by atoms with Crippen molar-refractivity contribution in [2.45, 2.75) is 25.1 Å². The van der Waals surface area contributed by atoms with E-state index in [4.69, 9.17) is 11.6 Å². The van der Waals surface area contributed by atoms with Crippen LogP contribution in [0.3, 0.4) is 0 Å². The molecule has 0 fully saturated rings. The molecule has 0 bridgehead atoms. The van der Waals surface area contributed by atoms with Gasteiger partial charge in [0.05, 0.1) is 17.8 Å². The SMILES string of the molecule is O=C(N[C@@H]1c2ccccc2C[C@@H]1O)c1ccc(CNc2nn(-c3cccc(Cl)c3)c(=O)[nH]2)cc1. The zero-order chi connectivity index (χ0) is 23.7. The minimum Gasteiger partial charge on any atom is -0.390 e. The second kappa shape index (κ2) is 9.17. The summed E-state index contributed by atoms with van der Waals surface area (Å²) in [6, 6.07) is 21.3. The van der Waals surface area contributed by atoms with Crippen molar-refractivity contribution in [3.05, 3.63) is 111 Å². The van der Waals surface area contributed by atoms with E-state index < -0.39 is 12.1 Å². The predicted molar refractivity (Wildman–Crippen MR) is 129 cm³/mol. The Labute approximate surface area is 200 Å². The smallest absolute Gasteiger partial charge is 0.349 e. The Morgan fingerprint density at radius 3 is 2.71 bits per heavy atom. The van der Waals surface area contributed by atoms with E-state index in [1.165, 1.54) is 4.68 Å². The van der Waals surface area contributed by atoms with E-state index in [2.05, 4.69) is 20.7 Å². The third-order valence-electron chi connectivity index (χ3n) is 5.84. The fourth-order valence-electron chi connectivity index (χ4n) is 4.12.